The van der Waals surface area contributed by atoms with Crippen LogP contribution in [0.3, 0.4) is 0 Å². The van der Waals surface area contributed by atoms with Crippen molar-refractivity contribution in [1.29, 1.82) is 0 Å². The maximum atomic E-state index is 12.6. The number of nitro groups is 1. The van der Waals surface area contributed by atoms with Gasteiger partial charge in [-0.3, -0.25) is 29.4 Å². The second-order valence-corrected chi connectivity index (χ2v) is 8.61. The minimum Gasteiger partial charge on any atom is -0.423 e. The molecule has 4 rings (SSSR count). The van der Waals surface area contributed by atoms with Crippen LogP contribution in [0.5, 0.6) is 5.75 Å². The topological polar surface area (TPSA) is 127 Å². The van der Waals surface area contributed by atoms with Crippen LogP contribution in [-0.4, -0.2) is 57.4 Å². The van der Waals surface area contributed by atoms with Crippen LogP contribution in [0.25, 0.3) is 6.08 Å². The number of rotatable bonds is 6. The highest BCUT2D eigenvalue weighted by Gasteiger charge is 2.37. The summed E-state index contributed by atoms with van der Waals surface area (Å²) in [6, 6.07) is 11.3. The highest BCUT2D eigenvalue weighted by atomic mass is 32.2. The number of hydrogen-bond acceptors (Lipinski definition) is 8. The maximum Gasteiger partial charge on any atom is 0.343 e. The van der Waals surface area contributed by atoms with E-state index >= 15 is 0 Å². The van der Waals surface area contributed by atoms with Crippen LogP contribution >= 0.6 is 11.8 Å². The minimum absolute atomic E-state index is 0.134. The summed E-state index contributed by atoms with van der Waals surface area (Å²) in [5, 5.41) is 10.2. The third kappa shape index (κ3) is 5.15. The monoisotopic (exact) mass is 481 g/mol. The molecule has 0 atom stereocenters. The molecule has 0 radical (unpaired) electrons. The van der Waals surface area contributed by atoms with E-state index in [2.05, 4.69) is 0 Å². The van der Waals surface area contributed by atoms with E-state index in [0.717, 1.165) is 29.5 Å². The van der Waals surface area contributed by atoms with Gasteiger partial charge in [-0.25, -0.2) is 4.79 Å². The number of imide groups is 1. The predicted molar refractivity (Wildman–Crippen MR) is 123 cm³/mol. The molecule has 3 amide bonds. The van der Waals surface area contributed by atoms with Crippen molar-refractivity contribution in [2.75, 3.05) is 19.6 Å². The first-order valence-electron chi connectivity index (χ1n) is 10.4. The van der Waals surface area contributed by atoms with Crippen molar-refractivity contribution >= 4 is 46.5 Å². The Kier molecular flexibility index (Phi) is 6.73. The van der Waals surface area contributed by atoms with Crippen LogP contribution in [0.2, 0.25) is 0 Å². The highest BCUT2D eigenvalue weighted by Crippen LogP contribution is 2.32. The fourth-order valence-electron chi connectivity index (χ4n) is 3.51. The molecule has 10 nitrogen and oxygen atoms in total. The molecule has 2 aliphatic rings. The molecule has 2 saturated heterocycles. The third-order valence-corrected chi connectivity index (χ3v) is 6.24. The molecule has 2 fully saturated rings. The number of thioether (sulfide) groups is 1. The van der Waals surface area contributed by atoms with Gasteiger partial charge in [-0.05, 0) is 60.5 Å². The lowest BCUT2D eigenvalue weighted by atomic mass is 10.2. The number of hydrogen-bond donors (Lipinski definition) is 0. The first kappa shape index (κ1) is 23.2. The van der Waals surface area contributed by atoms with Crippen molar-refractivity contribution in [2.45, 2.75) is 12.8 Å². The number of ether oxygens (including phenoxy) is 1. The van der Waals surface area contributed by atoms with Gasteiger partial charge in [-0.15, -0.1) is 0 Å². The quantitative estimate of drug-likeness (QED) is 0.202. The normalized spacial score (nSPS) is 16.9. The average Bonchev–Trinajstić information content (AvgIpc) is 3.45. The molecule has 174 valence electrons. The van der Waals surface area contributed by atoms with Crippen LogP contribution in [0.4, 0.5) is 10.5 Å². The summed E-state index contributed by atoms with van der Waals surface area (Å²) in [5.41, 5.74) is 0.629. The zero-order valence-corrected chi connectivity index (χ0v) is 18.7. The van der Waals surface area contributed by atoms with Crippen molar-refractivity contribution < 1.29 is 28.8 Å². The van der Waals surface area contributed by atoms with Crippen molar-refractivity contribution in [3.63, 3.8) is 0 Å². The Morgan fingerprint density at radius 1 is 1.03 bits per heavy atom. The van der Waals surface area contributed by atoms with E-state index in [0.29, 0.717) is 18.7 Å². The number of nitrogens with zero attached hydrogens (tertiary/aromatic N) is 3. The number of benzene rings is 2. The van der Waals surface area contributed by atoms with E-state index < -0.39 is 22.0 Å². The van der Waals surface area contributed by atoms with Gasteiger partial charge in [0.2, 0.25) is 5.91 Å². The molecule has 0 unspecified atom stereocenters. The summed E-state index contributed by atoms with van der Waals surface area (Å²) < 4.78 is 5.27. The fourth-order valence-corrected chi connectivity index (χ4v) is 4.35. The van der Waals surface area contributed by atoms with Crippen molar-refractivity contribution in [1.82, 2.24) is 9.80 Å². The molecular formula is C23H19N3O7S. The zero-order valence-electron chi connectivity index (χ0n) is 17.8. The number of non-ortho nitro benzene ring substituents is 1. The van der Waals surface area contributed by atoms with Crippen LogP contribution in [0.1, 0.15) is 28.8 Å². The molecule has 0 aliphatic carbocycles. The molecule has 2 aliphatic heterocycles. The van der Waals surface area contributed by atoms with Gasteiger partial charge >= 0.3 is 5.97 Å². The molecule has 0 saturated carbocycles. The van der Waals surface area contributed by atoms with Crippen molar-refractivity contribution in [3.8, 4) is 5.75 Å². The largest absolute Gasteiger partial charge is 0.423 e. The number of likely N-dealkylation sites (tertiary alicyclic amines) is 1. The number of nitro benzene ring substituents is 1. The van der Waals surface area contributed by atoms with Crippen molar-refractivity contribution in [3.05, 3.63) is 74.7 Å². The van der Waals surface area contributed by atoms with Gasteiger partial charge in [0.1, 0.15) is 12.3 Å². The summed E-state index contributed by atoms with van der Waals surface area (Å²) in [4.78, 5) is 62.4. The Balaban J connectivity index is 1.38. The number of carbonyl (C=O) groups is 4. The molecule has 2 aromatic carbocycles. The van der Waals surface area contributed by atoms with Gasteiger partial charge in [-0.2, -0.15) is 0 Å². The van der Waals surface area contributed by atoms with Crippen molar-refractivity contribution in [2.24, 2.45) is 0 Å². The van der Waals surface area contributed by atoms with Crippen LogP contribution in [0.15, 0.2) is 53.4 Å². The van der Waals surface area contributed by atoms with Crippen LogP contribution in [0, 0.1) is 10.1 Å². The first-order chi connectivity index (χ1) is 16.3. The van der Waals surface area contributed by atoms with Gasteiger partial charge in [0, 0.05) is 25.2 Å². The van der Waals surface area contributed by atoms with E-state index in [4.69, 9.17) is 4.74 Å². The molecule has 0 bridgehead atoms. The average molecular weight is 481 g/mol. The zero-order chi connectivity index (χ0) is 24.2. The molecule has 2 heterocycles. The standard InChI is InChI=1S/C23H19N3O7S/c27-20(24-11-1-2-12-24)14-25-21(28)19(34-23(25)30)13-15-3-9-18(10-4-15)33-22(29)16-5-7-17(8-6-16)26(31)32/h3-10,13H,1-2,11-12,14H2/b19-13-. The Labute approximate surface area is 198 Å². The summed E-state index contributed by atoms with van der Waals surface area (Å²) in [6.07, 6.45) is 3.38. The maximum absolute atomic E-state index is 12.6. The SMILES string of the molecule is O=C(Oc1ccc(/C=C2\SC(=O)N(CC(=O)N3CCCC3)C2=O)cc1)c1ccc([N+](=O)[O-])cc1. The lowest BCUT2D eigenvalue weighted by Crippen LogP contribution is -2.40. The van der Waals surface area contributed by atoms with Crippen LogP contribution in [-0.2, 0) is 9.59 Å². The number of esters is 1. The lowest BCUT2D eigenvalue weighted by Gasteiger charge is -2.18. The summed E-state index contributed by atoms with van der Waals surface area (Å²) in [6.45, 7) is 1.03. The molecule has 11 heteroatoms. The van der Waals surface area contributed by atoms with Gasteiger partial charge in [0.25, 0.3) is 16.8 Å². The fraction of sp³-hybridized carbons (Fsp3) is 0.217. The second-order valence-electron chi connectivity index (χ2n) is 7.62. The summed E-state index contributed by atoms with van der Waals surface area (Å²) in [7, 11) is 0. The Morgan fingerprint density at radius 2 is 1.68 bits per heavy atom. The lowest BCUT2D eigenvalue weighted by molar-refractivity contribution is -0.384. The van der Waals surface area contributed by atoms with Gasteiger partial charge in [0.15, 0.2) is 0 Å². The molecule has 0 spiro atoms. The predicted octanol–water partition coefficient (Wildman–Crippen LogP) is 3.47. The van der Waals surface area contributed by atoms with E-state index in [1.54, 1.807) is 17.0 Å². The molecule has 0 aromatic heterocycles. The number of amides is 3. The molecule has 2 aromatic rings. The Bertz CT molecular complexity index is 1190. The molecule has 0 N–H and O–H groups in total. The first-order valence-corrected chi connectivity index (χ1v) is 11.2. The van der Waals surface area contributed by atoms with Gasteiger partial charge < -0.3 is 9.64 Å². The Hall–Kier alpha value is -3.99. The summed E-state index contributed by atoms with van der Waals surface area (Å²) in [5.74, 6) is -1.19. The van der Waals surface area contributed by atoms with Gasteiger partial charge in [-0.1, -0.05) is 12.1 Å². The summed E-state index contributed by atoms with van der Waals surface area (Å²) >= 11 is 0.771. The molecule has 34 heavy (non-hydrogen) atoms. The number of carbonyl (C=O) groups excluding carboxylic acids is 4. The van der Waals surface area contributed by atoms with E-state index in [1.807, 2.05) is 0 Å². The third-order valence-electron chi connectivity index (χ3n) is 5.33. The van der Waals surface area contributed by atoms with E-state index in [1.165, 1.54) is 42.5 Å². The van der Waals surface area contributed by atoms with E-state index in [9.17, 15) is 29.3 Å². The molecular weight excluding hydrogens is 462 g/mol. The van der Waals surface area contributed by atoms with Crippen LogP contribution < -0.4 is 4.74 Å². The second kappa shape index (κ2) is 9.87. The van der Waals surface area contributed by atoms with E-state index in [-0.39, 0.29) is 34.4 Å². The minimum atomic E-state index is -0.675. The van der Waals surface area contributed by atoms with Gasteiger partial charge in [0.05, 0.1) is 15.4 Å². The highest BCUT2D eigenvalue weighted by molar-refractivity contribution is 8.18. The smallest absolute Gasteiger partial charge is 0.343 e. The Morgan fingerprint density at radius 3 is 2.29 bits per heavy atom.